The second kappa shape index (κ2) is 4.49. The van der Waals surface area contributed by atoms with E-state index in [1.807, 2.05) is 6.07 Å². The van der Waals surface area contributed by atoms with Crippen LogP contribution in [0.5, 0.6) is 5.88 Å². The maximum Gasteiger partial charge on any atom is 0.244 e. The highest BCUT2D eigenvalue weighted by Crippen LogP contribution is 2.21. The van der Waals surface area contributed by atoms with Gasteiger partial charge in [-0.3, -0.25) is 4.79 Å². The maximum atomic E-state index is 11.9. The van der Waals surface area contributed by atoms with Gasteiger partial charge in [-0.05, 0) is 19.5 Å². The predicted molar refractivity (Wildman–Crippen MR) is 60.6 cm³/mol. The van der Waals surface area contributed by atoms with Crippen molar-refractivity contribution in [1.29, 1.82) is 0 Å². The molecule has 1 aliphatic heterocycles. The van der Waals surface area contributed by atoms with Gasteiger partial charge in [0.25, 0.3) is 0 Å². The maximum absolute atomic E-state index is 11.9. The summed E-state index contributed by atoms with van der Waals surface area (Å²) in [7, 11) is 3.37. The minimum Gasteiger partial charge on any atom is -0.481 e. The first kappa shape index (κ1) is 10.9. The Morgan fingerprint density at radius 1 is 1.56 bits per heavy atom. The first-order valence-electron chi connectivity index (χ1n) is 5.25. The SMILES string of the molecule is CNC1CCN(c2ccc(OC)nc2)C1=O. The van der Waals surface area contributed by atoms with Gasteiger partial charge in [0.2, 0.25) is 11.8 Å². The quantitative estimate of drug-likeness (QED) is 0.803. The average Bonchev–Trinajstić information content (AvgIpc) is 2.70. The van der Waals surface area contributed by atoms with Gasteiger partial charge in [-0.2, -0.15) is 0 Å². The number of nitrogens with zero attached hydrogens (tertiary/aromatic N) is 2. The molecular formula is C11H15N3O2. The number of amides is 1. The monoisotopic (exact) mass is 221 g/mol. The number of likely N-dealkylation sites (N-methyl/N-ethyl adjacent to an activating group) is 1. The molecule has 0 aliphatic carbocycles. The lowest BCUT2D eigenvalue weighted by Gasteiger charge is -2.16. The number of rotatable bonds is 3. The van der Waals surface area contributed by atoms with Gasteiger partial charge in [0.1, 0.15) is 0 Å². The average molecular weight is 221 g/mol. The second-order valence-electron chi connectivity index (χ2n) is 3.68. The van der Waals surface area contributed by atoms with Gasteiger partial charge < -0.3 is 15.0 Å². The van der Waals surface area contributed by atoms with Gasteiger partial charge in [-0.15, -0.1) is 0 Å². The topological polar surface area (TPSA) is 54.5 Å². The summed E-state index contributed by atoms with van der Waals surface area (Å²) in [6.07, 6.45) is 2.50. The lowest BCUT2D eigenvalue weighted by atomic mass is 10.2. The molecular weight excluding hydrogens is 206 g/mol. The van der Waals surface area contributed by atoms with Crippen LogP contribution >= 0.6 is 0 Å². The zero-order valence-electron chi connectivity index (χ0n) is 9.43. The Kier molecular flexibility index (Phi) is 3.05. The van der Waals surface area contributed by atoms with E-state index in [1.165, 1.54) is 0 Å². The predicted octanol–water partition coefficient (Wildman–Crippen LogP) is 0.415. The Bertz CT molecular complexity index is 377. The fraction of sp³-hybridized carbons (Fsp3) is 0.455. The van der Waals surface area contributed by atoms with E-state index in [2.05, 4.69) is 10.3 Å². The van der Waals surface area contributed by atoms with Gasteiger partial charge in [0, 0.05) is 12.6 Å². The normalized spacial score (nSPS) is 20.2. The summed E-state index contributed by atoms with van der Waals surface area (Å²) in [5.41, 5.74) is 0.823. The van der Waals surface area contributed by atoms with E-state index in [4.69, 9.17) is 4.74 Å². The molecule has 16 heavy (non-hydrogen) atoms. The van der Waals surface area contributed by atoms with Crippen LogP contribution in [-0.2, 0) is 4.79 Å². The van der Waals surface area contributed by atoms with Crippen molar-refractivity contribution < 1.29 is 9.53 Å². The van der Waals surface area contributed by atoms with Crippen molar-refractivity contribution in [3.63, 3.8) is 0 Å². The van der Waals surface area contributed by atoms with Crippen molar-refractivity contribution in [1.82, 2.24) is 10.3 Å². The van der Waals surface area contributed by atoms with E-state index in [-0.39, 0.29) is 11.9 Å². The lowest BCUT2D eigenvalue weighted by molar-refractivity contribution is -0.118. The van der Waals surface area contributed by atoms with Crippen molar-refractivity contribution in [2.24, 2.45) is 0 Å². The molecule has 5 heteroatoms. The van der Waals surface area contributed by atoms with Gasteiger partial charge >= 0.3 is 0 Å². The zero-order valence-corrected chi connectivity index (χ0v) is 9.43. The Hall–Kier alpha value is -1.62. The number of ether oxygens (including phenoxy) is 1. The number of anilines is 1. The van der Waals surface area contributed by atoms with Crippen molar-refractivity contribution in [3.05, 3.63) is 18.3 Å². The molecule has 1 saturated heterocycles. The van der Waals surface area contributed by atoms with E-state index in [0.29, 0.717) is 5.88 Å². The highest BCUT2D eigenvalue weighted by atomic mass is 16.5. The number of methoxy groups -OCH3 is 1. The van der Waals surface area contributed by atoms with Crippen molar-refractivity contribution in [3.8, 4) is 5.88 Å². The largest absolute Gasteiger partial charge is 0.481 e. The van der Waals surface area contributed by atoms with Crippen LogP contribution in [0.3, 0.4) is 0 Å². The van der Waals surface area contributed by atoms with Crippen molar-refractivity contribution >= 4 is 11.6 Å². The third kappa shape index (κ3) is 1.86. The Morgan fingerprint density at radius 2 is 2.38 bits per heavy atom. The van der Waals surface area contributed by atoms with Crippen molar-refractivity contribution in [2.75, 3.05) is 25.6 Å². The molecule has 2 heterocycles. The van der Waals surface area contributed by atoms with E-state index >= 15 is 0 Å². The summed E-state index contributed by atoms with van der Waals surface area (Å²) in [5, 5.41) is 3.00. The minimum atomic E-state index is -0.0675. The summed E-state index contributed by atoms with van der Waals surface area (Å²) in [6, 6.07) is 3.54. The summed E-state index contributed by atoms with van der Waals surface area (Å²) >= 11 is 0. The van der Waals surface area contributed by atoms with E-state index in [1.54, 1.807) is 31.3 Å². The highest BCUT2D eigenvalue weighted by Gasteiger charge is 2.31. The number of pyridine rings is 1. The van der Waals surface area contributed by atoms with Gasteiger partial charge in [0.05, 0.1) is 25.0 Å². The molecule has 1 atom stereocenters. The number of aromatic nitrogens is 1. The molecule has 0 aromatic carbocycles. The molecule has 1 amide bonds. The van der Waals surface area contributed by atoms with Crippen molar-refractivity contribution in [2.45, 2.75) is 12.5 Å². The number of carbonyl (C=O) groups excluding carboxylic acids is 1. The molecule has 2 rings (SSSR count). The Morgan fingerprint density at radius 3 is 2.88 bits per heavy atom. The van der Waals surface area contributed by atoms with Crippen LogP contribution in [0.1, 0.15) is 6.42 Å². The van der Waals surface area contributed by atoms with Crippen LogP contribution in [0, 0.1) is 0 Å². The Balaban J connectivity index is 2.16. The van der Waals surface area contributed by atoms with Crippen LogP contribution in [0.2, 0.25) is 0 Å². The first-order chi connectivity index (χ1) is 7.76. The minimum absolute atomic E-state index is 0.0675. The Labute approximate surface area is 94.4 Å². The molecule has 1 fully saturated rings. The highest BCUT2D eigenvalue weighted by molar-refractivity contribution is 5.99. The molecule has 0 bridgehead atoms. The fourth-order valence-electron chi connectivity index (χ4n) is 1.86. The number of hydrogen-bond donors (Lipinski definition) is 1. The smallest absolute Gasteiger partial charge is 0.244 e. The third-order valence-corrected chi connectivity index (χ3v) is 2.80. The molecule has 1 aliphatic rings. The van der Waals surface area contributed by atoms with Crippen LogP contribution in [-0.4, -0.2) is 37.6 Å². The van der Waals surface area contributed by atoms with E-state index in [0.717, 1.165) is 18.7 Å². The first-order valence-corrected chi connectivity index (χ1v) is 5.25. The van der Waals surface area contributed by atoms with Gasteiger partial charge in [-0.1, -0.05) is 0 Å². The van der Waals surface area contributed by atoms with E-state index < -0.39 is 0 Å². The third-order valence-electron chi connectivity index (χ3n) is 2.80. The summed E-state index contributed by atoms with van der Waals surface area (Å²) in [4.78, 5) is 17.7. The zero-order chi connectivity index (χ0) is 11.5. The number of carbonyl (C=O) groups is 1. The summed E-state index contributed by atoms with van der Waals surface area (Å²) in [6.45, 7) is 0.734. The van der Waals surface area contributed by atoms with E-state index in [9.17, 15) is 4.79 Å². The van der Waals surface area contributed by atoms with Crippen LogP contribution in [0.25, 0.3) is 0 Å². The van der Waals surface area contributed by atoms with Gasteiger partial charge in [-0.25, -0.2) is 4.98 Å². The molecule has 1 N–H and O–H groups in total. The summed E-state index contributed by atoms with van der Waals surface area (Å²) in [5.74, 6) is 0.662. The summed E-state index contributed by atoms with van der Waals surface area (Å²) < 4.78 is 4.97. The standard InChI is InChI=1S/C11H15N3O2/c1-12-9-5-6-14(11(9)15)8-3-4-10(16-2)13-7-8/h3-4,7,9,12H,5-6H2,1-2H3. The molecule has 1 aromatic rings. The fourth-order valence-corrected chi connectivity index (χ4v) is 1.86. The molecule has 0 saturated carbocycles. The van der Waals surface area contributed by atoms with Crippen LogP contribution < -0.4 is 15.0 Å². The molecule has 0 spiro atoms. The molecule has 1 unspecified atom stereocenters. The molecule has 0 radical (unpaired) electrons. The van der Waals surface area contributed by atoms with Gasteiger partial charge in [0.15, 0.2) is 0 Å². The molecule has 1 aromatic heterocycles. The lowest BCUT2D eigenvalue weighted by Crippen LogP contribution is -2.36. The second-order valence-corrected chi connectivity index (χ2v) is 3.68. The number of nitrogens with one attached hydrogen (secondary N) is 1. The van der Waals surface area contributed by atoms with Crippen LogP contribution in [0.4, 0.5) is 5.69 Å². The molecule has 5 nitrogen and oxygen atoms in total. The van der Waals surface area contributed by atoms with Crippen LogP contribution in [0.15, 0.2) is 18.3 Å². The number of hydrogen-bond acceptors (Lipinski definition) is 4. The molecule has 86 valence electrons.